The van der Waals surface area contributed by atoms with Gasteiger partial charge in [0.05, 0.1) is 22.7 Å². The molecule has 0 amide bonds. The minimum Gasteiger partial charge on any atom is -0.504 e. The van der Waals surface area contributed by atoms with Crippen LogP contribution in [0.3, 0.4) is 0 Å². The number of aromatic nitrogens is 1. The maximum absolute atomic E-state index is 9.78. The number of benzene rings is 2. The van der Waals surface area contributed by atoms with Gasteiger partial charge in [-0.3, -0.25) is 0 Å². The van der Waals surface area contributed by atoms with E-state index in [-0.39, 0.29) is 11.5 Å². The second-order valence-corrected chi connectivity index (χ2v) is 4.01. The molecular formula is C14H8N2O2. The van der Waals surface area contributed by atoms with Gasteiger partial charge in [-0.15, -0.1) is 0 Å². The van der Waals surface area contributed by atoms with Crippen molar-refractivity contribution in [2.75, 3.05) is 0 Å². The average molecular weight is 236 g/mol. The summed E-state index contributed by atoms with van der Waals surface area (Å²) in [5, 5.41) is 29.4. The molecule has 0 saturated heterocycles. The highest BCUT2D eigenvalue weighted by atomic mass is 16.3. The topological polar surface area (TPSA) is 77.1 Å². The quantitative estimate of drug-likeness (QED) is 0.464. The summed E-state index contributed by atoms with van der Waals surface area (Å²) < 4.78 is 0. The van der Waals surface area contributed by atoms with Gasteiger partial charge in [-0.2, -0.15) is 5.26 Å². The third-order valence-corrected chi connectivity index (χ3v) is 2.87. The molecule has 0 aliphatic heterocycles. The molecule has 18 heavy (non-hydrogen) atoms. The van der Waals surface area contributed by atoms with Crippen molar-refractivity contribution in [2.45, 2.75) is 0 Å². The molecule has 3 aromatic rings. The van der Waals surface area contributed by atoms with E-state index >= 15 is 0 Å². The molecule has 3 rings (SSSR count). The van der Waals surface area contributed by atoms with Crippen molar-refractivity contribution in [1.29, 1.82) is 5.26 Å². The predicted molar refractivity (Wildman–Crippen MR) is 67.3 cm³/mol. The fourth-order valence-corrected chi connectivity index (χ4v) is 1.94. The summed E-state index contributed by atoms with van der Waals surface area (Å²) in [5.74, 6) is -0.344. The molecule has 0 bridgehead atoms. The Morgan fingerprint density at radius 2 is 1.83 bits per heavy atom. The molecule has 2 N–H and O–H groups in total. The number of nitriles is 1. The van der Waals surface area contributed by atoms with Crippen molar-refractivity contribution in [1.82, 2.24) is 4.98 Å². The van der Waals surface area contributed by atoms with Crippen LogP contribution in [0, 0.1) is 11.3 Å². The highest BCUT2D eigenvalue weighted by Crippen LogP contribution is 2.34. The Morgan fingerprint density at radius 1 is 1.00 bits per heavy atom. The molecule has 1 heterocycles. The van der Waals surface area contributed by atoms with Crippen LogP contribution in [0.2, 0.25) is 0 Å². The number of fused-ring (bicyclic) bond motifs is 2. The summed E-state index contributed by atoms with van der Waals surface area (Å²) in [7, 11) is 0. The molecule has 0 saturated carbocycles. The van der Waals surface area contributed by atoms with E-state index in [9.17, 15) is 10.2 Å². The second kappa shape index (κ2) is 3.60. The molecule has 2 aromatic carbocycles. The molecule has 0 spiro atoms. The fourth-order valence-electron chi connectivity index (χ4n) is 1.94. The van der Waals surface area contributed by atoms with Gasteiger partial charge in [-0.25, -0.2) is 4.98 Å². The average Bonchev–Trinajstić information content (AvgIpc) is 2.41. The van der Waals surface area contributed by atoms with E-state index in [0.29, 0.717) is 22.0 Å². The third-order valence-electron chi connectivity index (χ3n) is 2.87. The van der Waals surface area contributed by atoms with Crippen molar-refractivity contribution in [3.8, 4) is 17.6 Å². The van der Waals surface area contributed by atoms with E-state index in [1.807, 2.05) is 0 Å². The number of nitrogens with zero attached hydrogens (tertiary/aromatic N) is 2. The van der Waals surface area contributed by atoms with Gasteiger partial charge in [0.1, 0.15) is 0 Å². The molecule has 4 heteroatoms. The first-order valence-electron chi connectivity index (χ1n) is 5.34. The molecule has 0 aliphatic carbocycles. The number of hydrogen-bond acceptors (Lipinski definition) is 4. The summed E-state index contributed by atoms with van der Waals surface area (Å²) in [6.45, 7) is 0. The Bertz CT molecular complexity index is 819. The normalized spacial score (nSPS) is 10.6. The van der Waals surface area contributed by atoms with Crippen molar-refractivity contribution in [3.63, 3.8) is 0 Å². The first kappa shape index (κ1) is 10.4. The Kier molecular flexibility index (Phi) is 2.07. The number of hydrogen-bond donors (Lipinski definition) is 2. The van der Waals surface area contributed by atoms with E-state index in [4.69, 9.17) is 5.26 Å². The summed E-state index contributed by atoms with van der Waals surface area (Å²) in [4.78, 5) is 4.37. The number of phenols is 2. The van der Waals surface area contributed by atoms with E-state index < -0.39 is 0 Å². The van der Waals surface area contributed by atoms with Gasteiger partial charge in [0.25, 0.3) is 0 Å². The minimum atomic E-state index is -0.175. The first-order valence-corrected chi connectivity index (χ1v) is 5.34. The Labute approximate surface area is 102 Å². The summed E-state index contributed by atoms with van der Waals surface area (Å²) in [6.07, 6.45) is 0. The molecule has 0 unspecified atom stereocenters. The van der Waals surface area contributed by atoms with Crippen LogP contribution in [-0.4, -0.2) is 15.2 Å². The number of phenolic OH excluding ortho intramolecular Hbond substituents is 2. The standard InChI is InChI=1S/C14H8N2O2/c15-7-8-1-2-9-6-10-11(16-12(9)5-8)3-4-13(17)14(10)18/h1-6,17-18H. The Morgan fingerprint density at radius 3 is 2.61 bits per heavy atom. The SMILES string of the molecule is N#Cc1ccc2cc3c(O)c(O)ccc3nc2c1. The Hall–Kier alpha value is -2.80. The highest BCUT2D eigenvalue weighted by molar-refractivity contribution is 5.97. The van der Waals surface area contributed by atoms with E-state index in [2.05, 4.69) is 11.1 Å². The molecular weight excluding hydrogens is 228 g/mol. The molecule has 0 aliphatic rings. The van der Waals surface area contributed by atoms with Crippen LogP contribution in [0.5, 0.6) is 11.5 Å². The third kappa shape index (κ3) is 1.42. The van der Waals surface area contributed by atoms with Crippen molar-refractivity contribution in [3.05, 3.63) is 42.0 Å². The van der Waals surface area contributed by atoms with Gasteiger partial charge in [-0.05, 0) is 30.3 Å². The lowest BCUT2D eigenvalue weighted by molar-refractivity contribution is 0.408. The largest absolute Gasteiger partial charge is 0.504 e. The number of aromatic hydroxyl groups is 2. The molecule has 86 valence electrons. The predicted octanol–water partition coefficient (Wildman–Crippen LogP) is 2.67. The molecule has 1 aromatic heterocycles. The minimum absolute atomic E-state index is 0.169. The maximum atomic E-state index is 9.78. The highest BCUT2D eigenvalue weighted by Gasteiger charge is 2.08. The fraction of sp³-hybridized carbons (Fsp3) is 0. The van der Waals surface area contributed by atoms with E-state index in [0.717, 1.165) is 5.39 Å². The zero-order valence-corrected chi connectivity index (χ0v) is 9.25. The van der Waals surface area contributed by atoms with E-state index in [1.54, 1.807) is 30.3 Å². The summed E-state index contributed by atoms with van der Waals surface area (Å²) >= 11 is 0. The van der Waals surface area contributed by atoms with Crippen LogP contribution in [0.25, 0.3) is 21.8 Å². The molecule has 4 nitrogen and oxygen atoms in total. The maximum Gasteiger partial charge on any atom is 0.167 e. The van der Waals surface area contributed by atoms with Gasteiger partial charge in [-0.1, -0.05) is 6.07 Å². The van der Waals surface area contributed by atoms with Crippen LogP contribution in [-0.2, 0) is 0 Å². The van der Waals surface area contributed by atoms with Gasteiger partial charge >= 0.3 is 0 Å². The van der Waals surface area contributed by atoms with Crippen LogP contribution < -0.4 is 0 Å². The van der Waals surface area contributed by atoms with Crippen LogP contribution in [0.1, 0.15) is 5.56 Å². The molecule has 0 fully saturated rings. The van der Waals surface area contributed by atoms with Crippen LogP contribution >= 0.6 is 0 Å². The van der Waals surface area contributed by atoms with Crippen molar-refractivity contribution >= 4 is 21.8 Å². The second-order valence-electron chi connectivity index (χ2n) is 4.01. The van der Waals surface area contributed by atoms with Crippen molar-refractivity contribution < 1.29 is 10.2 Å². The number of rotatable bonds is 0. The van der Waals surface area contributed by atoms with Gasteiger partial charge < -0.3 is 10.2 Å². The summed E-state index contributed by atoms with van der Waals surface area (Å²) in [6, 6.07) is 12.0. The van der Waals surface area contributed by atoms with Crippen molar-refractivity contribution in [2.24, 2.45) is 0 Å². The lowest BCUT2D eigenvalue weighted by atomic mass is 10.1. The number of pyridine rings is 1. The smallest absolute Gasteiger partial charge is 0.167 e. The lowest BCUT2D eigenvalue weighted by Crippen LogP contribution is -1.84. The van der Waals surface area contributed by atoms with E-state index in [1.165, 1.54) is 6.07 Å². The van der Waals surface area contributed by atoms with Gasteiger partial charge in [0, 0.05) is 10.8 Å². The Balaban J connectivity index is 2.44. The van der Waals surface area contributed by atoms with Crippen LogP contribution in [0.4, 0.5) is 0 Å². The van der Waals surface area contributed by atoms with Gasteiger partial charge in [0.15, 0.2) is 11.5 Å². The first-order chi connectivity index (χ1) is 8.69. The zero-order chi connectivity index (χ0) is 12.7. The zero-order valence-electron chi connectivity index (χ0n) is 9.25. The lowest BCUT2D eigenvalue weighted by Gasteiger charge is -2.05. The summed E-state index contributed by atoms with van der Waals surface area (Å²) in [5.41, 5.74) is 1.80. The van der Waals surface area contributed by atoms with Gasteiger partial charge in [0.2, 0.25) is 0 Å². The molecule has 0 radical (unpaired) electrons. The van der Waals surface area contributed by atoms with Crippen LogP contribution in [0.15, 0.2) is 36.4 Å². The monoisotopic (exact) mass is 236 g/mol. The molecule has 0 atom stereocenters.